The van der Waals surface area contributed by atoms with Crippen LogP contribution in [0.15, 0.2) is 22.7 Å². The van der Waals surface area contributed by atoms with Gasteiger partial charge < -0.3 is 5.73 Å². The van der Waals surface area contributed by atoms with Crippen LogP contribution >= 0.6 is 15.9 Å². The number of anilines is 1. The number of nitrogen functional groups attached to an aromatic ring is 1. The van der Waals surface area contributed by atoms with Crippen LogP contribution in [0.5, 0.6) is 0 Å². The van der Waals surface area contributed by atoms with Crippen LogP contribution in [0, 0.1) is 0 Å². The minimum atomic E-state index is -0.155. The lowest BCUT2D eigenvalue weighted by Gasteiger charge is -1.98. The quantitative estimate of drug-likeness (QED) is 0.672. The zero-order valence-corrected chi connectivity index (χ0v) is 9.52. The van der Waals surface area contributed by atoms with Crippen molar-refractivity contribution in [3.63, 3.8) is 0 Å². The molecule has 1 aromatic heterocycles. The van der Waals surface area contributed by atoms with E-state index >= 15 is 0 Å². The van der Waals surface area contributed by atoms with Crippen molar-refractivity contribution >= 4 is 27.7 Å². The Kier molecular flexibility index (Phi) is 1.81. The van der Waals surface area contributed by atoms with E-state index < -0.39 is 0 Å². The largest absolute Gasteiger partial charge is 0.366 e. The summed E-state index contributed by atoms with van der Waals surface area (Å²) in [5.74, 6) is -0.0862. The first kappa shape index (κ1) is 9.41. The van der Waals surface area contributed by atoms with Crippen molar-refractivity contribution in [1.29, 1.82) is 0 Å². The van der Waals surface area contributed by atoms with Gasteiger partial charge in [0.05, 0.1) is 0 Å². The van der Waals surface area contributed by atoms with Crippen molar-refractivity contribution in [3.8, 4) is 11.3 Å². The van der Waals surface area contributed by atoms with Crippen molar-refractivity contribution in [2.24, 2.45) is 0 Å². The third kappa shape index (κ3) is 1.16. The number of carbonyl (C=O) groups excluding carboxylic acids is 1. The van der Waals surface area contributed by atoms with Gasteiger partial charge in [0, 0.05) is 15.6 Å². The van der Waals surface area contributed by atoms with Crippen LogP contribution in [0.1, 0.15) is 16.1 Å². The highest BCUT2D eigenvalue weighted by atomic mass is 79.9. The molecule has 0 radical (unpaired) electrons. The molecule has 0 aliphatic heterocycles. The van der Waals surface area contributed by atoms with Crippen LogP contribution in [-0.4, -0.2) is 21.0 Å². The third-order valence-corrected chi connectivity index (χ3v) is 2.89. The fourth-order valence-electron chi connectivity index (χ4n) is 1.72. The molecule has 1 aliphatic rings. The topological polar surface area (TPSA) is 81.8 Å². The van der Waals surface area contributed by atoms with Crippen molar-refractivity contribution in [1.82, 2.24) is 15.2 Å². The van der Waals surface area contributed by atoms with E-state index in [1.165, 1.54) is 0 Å². The minimum absolute atomic E-state index is 0.0689. The maximum Gasteiger partial charge on any atom is 0.240 e. The van der Waals surface area contributed by atoms with Gasteiger partial charge in [0.2, 0.25) is 11.7 Å². The summed E-state index contributed by atoms with van der Waals surface area (Å²) in [4.78, 5) is 16.0. The average Bonchev–Trinajstić information content (AvgIpc) is 2.52. The molecule has 1 aromatic carbocycles. The normalized spacial score (nSPS) is 12.4. The molecule has 3 rings (SSSR count). The molecule has 0 bridgehead atoms. The van der Waals surface area contributed by atoms with Gasteiger partial charge in [-0.15, -0.1) is 10.2 Å². The molecular weight excluding hydrogens is 272 g/mol. The Morgan fingerprint density at radius 1 is 1.12 bits per heavy atom. The van der Waals surface area contributed by atoms with Crippen LogP contribution in [0.3, 0.4) is 0 Å². The monoisotopic (exact) mass is 276 g/mol. The number of benzene rings is 1. The second kappa shape index (κ2) is 3.08. The number of hydrogen-bond acceptors (Lipinski definition) is 5. The zero-order chi connectivity index (χ0) is 11.3. The van der Waals surface area contributed by atoms with Gasteiger partial charge in [-0.05, 0) is 18.2 Å². The average molecular weight is 277 g/mol. The molecule has 0 unspecified atom stereocenters. The van der Waals surface area contributed by atoms with Crippen LogP contribution in [-0.2, 0) is 0 Å². The van der Waals surface area contributed by atoms with Gasteiger partial charge in [-0.1, -0.05) is 15.9 Å². The standard InChI is InChI=1S/C10H5BrN4O/c11-4-1-2-5-6(3-4)7-8(9(5)16)14-15-10(12)13-7/h1-3H,(H2,12,13,15). The Hall–Kier alpha value is -1.82. The van der Waals surface area contributed by atoms with E-state index in [2.05, 4.69) is 31.1 Å². The van der Waals surface area contributed by atoms with E-state index in [4.69, 9.17) is 5.73 Å². The molecule has 0 saturated carbocycles. The van der Waals surface area contributed by atoms with Gasteiger partial charge in [-0.3, -0.25) is 4.79 Å². The first-order valence-corrected chi connectivity index (χ1v) is 5.31. The van der Waals surface area contributed by atoms with Crippen molar-refractivity contribution in [3.05, 3.63) is 33.9 Å². The second-order valence-electron chi connectivity index (χ2n) is 3.39. The van der Waals surface area contributed by atoms with E-state index in [0.29, 0.717) is 11.3 Å². The van der Waals surface area contributed by atoms with E-state index in [9.17, 15) is 4.79 Å². The zero-order valence-electron chi connectivity index (χ0n) is 7.94. The number of nitrogens with two attached hydrogens (primary N) is 1. The lowest BCUT2D eigenvalue weighted by molar-refractivity contribution is 0.103. The first-order chi connectivity index (χ1) is 7.66. The Morgan fingerprint density at radius 3 is 2.75 bits per heavy atom. The maximum atomic E-state index is 11.9. The summed E-state index contributed by atoms with van der Waals surface area (Å²) in [5.41, 5.74) is 7.57. The highest BCUT2D eigenvalue weighted by molar-refractivity contribution is 9.10. The molecule has 0 amide bonds. The highest BCUT2D eigenvalue weighted by Gasteiger charge is 2.30. The molecule has 0 atom stereocenters. The van der Waals surface area contributed by atoms with Crippen LogP contribution in [0.4, 0.5) is 5.95 Å². The molecule has 0 fully saturated rings. The second-order valence-corrected chi connectivity index (χ2v) is 4.30. The third-order valence-electron chi connectivity index (χ3n) is 2.40. The lowest BCUT2D eigenvalue weighted by atomic mass is 10.1. The van der Waals surface area contributed by atoms with Gasteiger partial charge in [0.15, 0.2) is 5.69 Å². The molecule has 2 aromatic rings. The summed E-state index contributed by atoms with van der Waals surface area (Å²) in [6.07, 6.45) is 0. The van der Waals surface area contributed by atoms with Gasteiger partial charge in [0.25, 0.3) is 0 Å². The van der Waals surface area contributed by atoms with Gasteiger partial charge in [-0.2, -0.15) is 0 Å². The van der Waals surface area contributed by atoms with Gasteiger partial charge in [-0.25, -0.2) is 4.98 Å². The Morgan fingerprint density at radius 2 is 1.94 bits per heavy atom. The Balaban J connectivity index is 2.37. The molecule has 1 heterocycles. The summed E-state index contributed by atoms with van der Waals surface area (Å²) < 4.78 is 0.879. The van der Waals surface area contributed by atoms with Crippen molar-refractivity contribution < 1.29 is 4.79 Å². The number of fused-ring (bicyclic) bond motifs is 3. The maximum absolute atomic E-state index is 11.9. The summed E-state index contributed by atoms with van der Waals surface area (Å²) in [5, 5.41) is 7.37. The minimum Gasteiger partial charge on any atom is -0.366 e. The molecule has 6 heteroatoms. The Bertz CT molecular complexity index is 573. The fraction of sp³-hybridized carbons (Fsp3) is 0. The molecule has 0 saturated heterocycles. The summed E-state index contributed by atoms with van der Waals surface area (Å²) >= 11 is 3.35. The van der Waals surface area contributed by atoms with Crippen molar-refractivity contribution in [2.75, 3.05) is 5.73 Å². The van der Waals surface area contributed by atoms with E-state index in [1.807, 2.05) is 6.07 Å². The summed E-state index contributed by atoms with van der Waals surface area (Å²) in [6.45, 7) is 0. The number of aromatic nitrogens is 3. The number of carbonyl (C=O) groups is 1. The molecular formula is C10H5BrN4O. The smallest absolute Gasteiger partial charge is 0.240 e. The lowest BCUT2D eigenvalue weighted by Crippen LogP contribution is -2.04. The van der Waals surface area contributed by atoms with E-state index in [1.54, 1.807) is 12.1 Å². The SMILES string of the molecule is Nc1nnc2c(n1)-c1cc(Br)ccc1C2=O. The highest BCUT2D eigenvalue weighted by Crippen LogP contribution is 2.35. The van der Waals surface area contributed by atoms with Crippen LogP contribution in [0.2, 0.25) is 0 Å². The first-order valence-electron chi connectivity index (χ1n) is 4.51. The number of hydrogen-bond donors (Lipinski definition) is 1. The van der Waals surface area contributed by atoms with E-state index in [0.717, 1.165) is 10.0 Å². The predicted molar refractivity (Wildman–Crippen MR) is 60.8 cm³/mol. The number of nitrogens with zero attached hydrogens (tertiary/aromatic N) is 3. The molecule has 78 valence electrons. The van der Waals surface area contributed by atoms with Gasteiger partial charge >= 0.3 is 0 Å². The molecule has 1 aliphatic carbocycles. The summed E-state index contributed by atoms with van der Waals surface area (Å²) in [6, 6.07) is 5.37. The number of rotatable bonds is 0. The van der Waals surface area contributed by atoms with Crippen LogP contribution in [0.25, 0.3) is 11.3 Å². The van der Waals surface area contributed by atoms with E-state index in [-0.39, 0.29) is 17.4 Å². The van der Waals surface area contributed by atoms with Crippen LogP contribution < -0.4 is 5.73 Å². The number of ketones is 1. The molecule has 5 nitrogen and oxygen atoms in total. The molecule has 0 spiro atoms. The van der Waals surface area contributed by atoms with Gasteiger partial charge in [0.1, 0.15) is 5.69 Å². The molecule has 16 heavy (non-hydrogen) atoms. The number of halogens is 1. The fourth-order valence-corrected chi connectivity index (χ4v) is 2.08. The van der Waals surface area contributed by atoms with Crippen molar-refractivity contribution in [2.45, 2.75) is 0 Å². The predicted octanol–water partition coefficient (Wildman–Crippen LogP) is 1.43. The summed E-state index contributed by atoms with van der Waals surface area (Å²) in [7, 11) is 0. The Labute approximate surface area is 98.8 Å². The molecule has 2 N–H and O–H groups in total.